The molecule has 8 nitrogen and oxygen atoms in total. The van der Waals surface area contributed by atoms with E-state index in [0.717, 1.165) is 41.0 Å². The first-order chi connectivity index (χ1) is 18.2. The monoisotopic (exact) mass is 491 g/mol. The number of Topliss-reactive ketones (excluding diaryl/α,β-unsaturated/α-hetero) is 1. The Morgan fingerprint density at radius 1 is 0.892 bits per heavy atom. The summed E-state index contributed by atoms with van der Waals surface area (Å²) in [6.07, 6.45) is 5.45. The molecule has 2 atom stereocenters. The molecule has 0 radical (unpaired) electrons. The van der Waals surface area contributed by atoms with Crippen molar-refractivity contribution < 1.29 is 14.3 Å². The highest BCUT2D eigenvalue weighted by Gasteiger charge is 2.40. The Labute approximate surface area is 214 Å². The minimum absolute atomic E-state index is 0.110. The fourth-order valence-corrected chi connectivity index (χ4v) is 5.45. The molecule has 2 aromatic heterocycles. The molecule has 0 bridgehead atoms. The van der Waals surface area contributed by atoms with Gasteiger partial charge in [-0.05, 0) is 47.7 Å². The predicted molar refractivity (Wildman–Crippen MR) is 138 cm³/mol. The first-order valence-electron chi connectivity index (χ1n) is 12.6. The van der Waals surface area contributed by atoms with Crippen LogP contribution < -0.4 is 14.8 Å². The third-order valence-electron chi connectivity index (χ3n) is 7.22. The fourth-order valence-electron chi connectivity index (χ4n) is 5.45. The van der Waals surface area contributed by atoms with Crippen LogP contribution in [0.3, 0.4) is 0 Å². The molecule has 3 aliphatic rings. The highest BCUT2D eigenvalue weighted by atomic mass is 16.5. The van der Waals surface area contributed by atoms with Crippen molar-refractivity contribution in [3.8, 4) is 22.9 Å². The highest BCUT2D eigenvalue weighted by molar-refractivity contribution is 6.00. The third kappa shape index (κ3) is 3.85. The first-order valence-corrected chi connectivity index (χ1v) is 12.6. The number of ether oxygens (including phenoxy) is 2. The first kappa shape index (κ1) is 21.8. The van der Waals surface area contributed by atoms with Gasteiger partial charge in [-0.3, -0.25) is 9.78 Å². The summed E-state index contributed by atoms with van der Waals surface area (Å²) in [6.45, 7) is 1.21. The van der Waals surface area contributed by atoms with Gasteiger partial charge >= 0.3 is 0 Å². The summed E-state index contributed by atoms with van der Waals surface area (Å²) in [5.41, 5.74) is 4.59. The maximum absolute atomic E-state index is 13.8. The van der Waals surface area contributed by atoms with Crippen molar-refractivity contribution >= 4 is 11.7 Å². The number of aromatic nitrogens is 4. The molecule has 1 aliphatic carbocycles. The van der Waals surface area contributed by atoms with Gasteiger partial charge in [-0.25, -0.2) is 4.68 Å². The van der Waals surface area contributed by atoms with Crippen LogP contribution in [0.5, 0.6) is 11.5 Å². The van der Waals surface area contributed by atoms with E-state index < -0.39 is 6.04 Å². The van der Waals surface area contributed by atoms with E-state index in [2.05, 4.69) is 22.4 Å². The molecule has 37 heavy (non-hydrogen) atoms. The Kier molecular flexibility index (Phi) is 5.23. The van der Waals surface area contributed by atoms with Crippen molar-refractivity contribution in [1.82, 2.24) is 19.7 Å². The minimum atomic E-state index is -0.421. The van der Waals surface area contributed by atoms with Crippen molar-refractivity contribution in [2.45, 2.75) is 31.2 Å². The smallest absolute Gasteiger partial charge is 0.226 e. The van der Waals surface area contributed by atoms with Gasteiger partial charge in [0.05, 0.1) is 13.2 Å². The second-order valence-electron chi connectivity index (χ2n) is 9.55. The number of carbonyl (C=O) groups excluding carboxylic acids is 1. The zero-order valence-electron chi connectivity index (χ0n) is 20.1. The lowest BCUT2D eigenvalue weighted by molar-refractivity contribution is -0.116. The number of anilines is 1. The molecule has 2 unspecified atom stereocenters. The zero-order valence-corrected chi connectivity index (χ0v) is 20.1. The maximum atomic E-state index is 13.8. The number of nitrogens with zero attached hydrogens (tertiary/aromatic N) is 4. The average molecular weight is 492 g/mol. The zero-order chi connectivity index (χ0) is 24.8. The molecule has 0 fully saturated rings. The van der Waals surface area contributed by atoms with E-state index >= 15 is 0 Å². The van der Waals surface area contributed by atoms with Crippen molar-refractivity contribution in [2.75, 3.05) is 18.5 Å². The van der Waals surface area contributed by atoms with Crippen LogP contribution in [-0.4, -0.2) is 38.7 Å². The summed E-state index contributed by atoms with van der Waals surface area (Å²) >= 11 is 0. The number of carbonyl (C=O) groups is 1. The maximum Gasteiger partial charge on any atom is 0.226 e. The lowest BCUT2D eigenvalue weighted by Crippen LogP contribution is -2.33. The Hall–Kier alpha value is -4.46. The number of pyridine rings is 1. The molecule has 0 spiro atoms. The Morgan fingerprint density at radius 2 is 1.70 bits per heavy atom. The lowest BCUT2D eigenvalue weighted by Gasteiger charge is -2.35. The molecule has 7 rings (SSSR count). The Morgan fingerprint density at radius 3 is 2.54 bits per heavy atom. The van der Waals surface area contributed by atoms with Gasteiger partial charge in [-0.1, -0.05) is 36.4 Å². The number of nitrogens with one attached hydrogen (secondary N) is 1. The summed E-state index contributed by atoms with van der Waals surface area (Å²) in [6, 6.07) is 19.5. The van der Waals surface area contributed by atoms with Crippen molar-refractivity contribution in [3.05, 3.63) is 95.5 Å². The highest BCUT2D eigenvalue weighted by Crippen LogP contribution is 2.45. The van der Waals surface area contributed by atoms with Crippen molar-refractivity contribution in [2.24, 2.45) is 0 Å². The van der Waals surface area contributed by atoms with E-state index in [1.165, 1.54) is 5.56 Å². The molecule has 184 valence electrons. The van der Waals surface area contributed by atoms with Gasteiger partial charge in [0.25, 0.3) is 0 Å². The van der Waals surface area contributed by atoms with Crippen LogP contribution in [0.1, 0.15) is 42.3 Å². The standard InChI is InChI=1S/C29H25N5O3/c35-23-16-21(18-5-2-1-3-6-18)15-22-26(23)27(20-7-8-24-25(17-20)37-14-4-13-36-24)34-29(31-22)32-28(33-34)19-9-11-30-12-10-19/h1-3,5-12,17,21,27H,4,13-16H2,(H,31,32,33). The van der Waals surface area contributed by atoms with E-state index in [1.54, 1.807) is 12.4 Å². The molecular formula is C29H25N5O3. The van der Waals surface area contributed by atoms with E-state index in [0.29, 0.717) is 37.2 Å². The Balaban J connectivity index is 1.36. The number of hydrogen-bond donors (Lipinski definition) is 1. The largest absolute Gasteiger partial charge is 0.490 e. The molecule has 2 aromatic carbocycles. The van der Waals surface area contributed by atoms with Crippen LogP contribution in [0.25, 0.3) is 11.4 Å². The van der Waals surface area contributed by atoms with Crippen molar-refractivity contribution in [1.29, 1.82) is 0 Å². The van der Waals surface area contributed by atoms with Gasteiger partial charge in [0.15, 0.2) is 23.1 Å². The van der Waals surface area contributed by atoms with Crippen LogP contribution in [0.15, 0.2) is 84.3 Å². The number of fused-ring (bicyclic) bond motifs is 2. The summed E-state index contributed by atoms with van der Waals surface area (Å²) in [4.78, 5) is 22.7. The molecule has 4 heterocycles. The van der Waals surface area contributed by atoms with E-state index in [4.69, 9.17) is 19.6 Å². The topological polar surface area (TPSA) is 91.2 Å². The van der Waals surface area contributed by atoms with E-state index in [-0.39, 0.29) is 11.7 Å². The average Bonchev–Trinajstić information content (AvgIpc) is 3.22. The molecule has 0 saturated heterocycles. The van der Waals surface area contributed by atoms with Gasteiger partial charge in [-0.15, -0.1) is 5.10 Å². The summed E-state index contributed by atoms with van der Waals surface area (Å²) in [7, 11) is 0. The summed E-state index contributed by atoms with van der Waals surface area (Å²) in [5, 5.41) is 8.34. The molecule has 1 N–H and O–H groups in total. The molecule has 8 heteroatoms. The van der Waals surface area contributed by atoms with E-state index in [1.807, 2.05) is 53.2 Å². The Bertz CT molecular complexity index is 1510. The SMILES string of the molecule is O=C1CC(c2ccccc2)CC2=C1C(c1ccc3c(c1)OCCCO3)n1nc(-c3ccncc3)nc1N2. The van der Waals surface area contributed by atoms with Crippen LogP contribution in [0.2, 0.25) is 0 Å². The van der Waals surface area contributed by atoms with Gasteiger partial charge in [0.2, 0.25) is 5.95 Å². The summed E-state index contributed by atoms with van der Waals surface area (Å²) < 4.78 is 13.7. The minimum Gasteiger partial charge on any atom is -0.490 e. The van der Waals surface area contributed by atoms with Gasteiger partial charge in [0, 0.05) is 42.1 Å². The van der Waals surface area contributed by atoms with Gasteiger partial charge in [-0.2, -0.15) is 4.98 Å². The van der Waals surface area contributed by atoms with Crippen LogP contribution in [0, 0.1) is 0 Å². The number of allylic oxidation sites excluding steroid dienone is 2. The van der Waals surface area contributed by atoms with Gasteiger partial charge < -0.3 is 14.8 Å². The van der Waals surface area contributed by atoms with Crippen molar-refractivity contribution in [3.63, 3.8) is 0 Å². The third-order valence-corrected chi connectivity index (χ3v) is 7.22. The summed E-state index contributed by atoms with van der Waals surface area (Å²) in [5.74, 6) is 2.84. The van der Waals surface area contributed by atoms with Crippen LogP contribution >= 0.6 is 0 Å². The second kappa shape index (κ2) is 8.89. The quantitative estimate of drug-likeness (QED) is 0.435. The molecule has 0 saturated carbocycles. The molecule has 0 amide bonds. The normalized spacial score (nSPS) is 20.5. The van der Waals surface area contributed by atoms with Crippen LogP contribution in [-0.2, 0) is 4.79 Å². The number of benzene rings is 2. The van der Waals surface area contributed by atoms with Gasteiger partial charge in [0.1, 0.15) is 6.04 Å². The lowest BCUT2D eigenvalue weighted by atomic mass is 9.78. The fraction of sp³-hybridized carbons (Fsp3) is 0.241. The number of rotatable bonds is 3. The number of hydrogen-bond acceptors (Lipinski definition) is 7. The van der Waals surface area contributed by atoms with Crippen LogP contribution in [0.4, 0.5) is 5.95 Å². The molecular weight excluding hydrogens is 466 g/mol. The second-order valence-corrected chi connectivity index (χ2v) is 9.55. The predicted octanol–water partition coefficient (Wildman–Crippen LogP) is 4.92. The molecule has 2 aliphatic heterocycles. The van der Waals surface area contributed by atoms with E-state index in [9.17, 15) is 4.79 Å². The molecule has 4 aromatic rings. The number of ketones is 1.